The number of hydrogen-bond acceptors (Lipinski definition) is 2. The zero-order valence-corrected chi connectivity index (χ0v) is 13.2. The van der Waals surface area contributed by atoms with E-state index in [4.69, 9.17) is 0 Å². The van der Waals surface area contributed by atoms with Crippen LogP contribution < -0.4 is 0 Å². The molecule has 0 aliphatic heterocycles. The molecule has 0 aliphatic carbocycles. The molecule has 2 aromatic rings. The number of aryl methyl sites for hydroxylation is 3. The predicted molar refractivity (Wildman–Crippen MR) is 87.1 cm³/mol. The third-order valence-electron chi connectivity index (χ3n) is 3.59. The molecule has 0 saturated heterocycles. The van der Waals surface area contributed by atoms with Gasteiger partial charge in [-0.25, -0.2) is 9.18 Å². The van der Waals surface area contributed by atoms with Crippen molar-refractivity contribution < 1.29 is 13.9 Å². The van der Waals surface area contributed by atoms with Crippen LogP contribution in [0.3, 0.4) is 0 Å². The van der Waals surface area contributed by atoms with Crippen molar-refractivity contribution in [3.8, 4) is 11.1 Å². The van der Waals surface area contributed by atoms with Gasteiger partial charge >= 0.3 is 5.97 Å². The van der Waals surface area contributed by atoms with E-state index in [-0.39, 0.29) is 5.82 Å². The van der Waals surface area contributed by atoms with Gasteiger partial charge in [-0.15, -0.1) is 0 Å². The fraction of sp³-hybridized carbons (Fsp3) is 0.211. The molecule has 0 amide bonds. The van der Waals surface area contributed by atoms with Gasteiger partial charge in [-0.1, -0.05) is 23.8 Å². The van der Waals surface area contributed by atoms with E-state index < -0.39 is 5.97 Å². The van der Waals surface area contributed by atoms with Crippen molar-refractivity contribution in [2.24, 2.45) is 0 Å². The van der Waals surface area contributed by atoms with Gasteiger partial charge in [0.15, 0.2) is 0 Å². The SMILES string of the molecule is COC(=O)C=Cc1c(C)cc(C)cc1-c1ccc(F)c(C)c1. The summed E-state index contributed by atoms with van der Waals surface area (Å²) in [4.78, 5) is 11.4. The van der Waals surface area contributed by atoms with Crippen LogP contribution in [-0.2, 0) is 9.53 Å². The summed E-state index contributed by atoms with van der Waals surface area (Å²) >= 11 is 0. The van der Waals surface area contributed by atoms with Gasteiger partial charge in [0, 0.05) is 6.08 Å². The number of hydrogen-bond donors (Lipinski definition) is 0. The van der Waals surface area contributed by atoms with E-state index in [9.17, 15) is 9.18 Å². The van der Waals surface area contributed by atoms with Crippen LogP contribution in [-0.4, -0.2) is 13.1 Å². The molecule has 0 bridgehead atoms. The zero-order chi connectivity index (χ0) is 16.3. The van der Waals surface area contributed by atoms with Crippen LogP contribution in [0, 0.1) is 26.6 Å². The molecular formula is C19H19FO2. The molecule has 0 aromatic heterocycles. The summed E-state index contributed by atoms with van der Waals surface area (Å²) in [7, 11) is 1.35. The molecule has 0 spiro atoms. The number of ether oxygens (including phenoxy) is 1. The van der Waals surface area contributed by atoms with Gasteiger partial charge in [0.2, 0.25) is 0 Å². The Morgan fingerprint density at radius 2 is 1.82 bits per heavy atom. The third kappa shape index (κ3) is 3.42. The molecule has 3 heteroatoms. The van der Waals surface area contributed by atoms with E-state index in [0.29, 0.717) is 5.56 Å². The zero-order valence-electron chi connectivity index (χ0n) is 13.2. The first-order valence-corrected chi connectivity index (χ1v) is 7.06. The first-order valence-electron chi connectivity index (χ1n) is 7.06. The number of rotatable bonds is 3. The topological polar surface area (TPSA) is 26.3 Å². The molecule has 0 heterocycles. The molecule has 0 saturated carbocycles. The highest BCUT2D eigenvalue weighted by molar-refractivity contribution is 5.90. The highest BCUT2D eigenvalue weighted by atomic mass is 19.1. The molecule has 0 atom stereocenters. The van der Waals surface area contributed by atoms with Crippen molar-refractivity contribution in [3.63, 3.8) is 0 Å². The Morgan fingerprint density at radius 3 is 2.45 bits per heavy atom. The van der Waals surface area contributed by atoms with Crippen molar-refractivity contribution in [3.05, 3.63) is 64.5 Å². The van der Waals surface area contributed by atoms with Gasteiger partial charge in [0.25, 0.3) is 0 Å². The lowest BCUT2D eigenvalue weighted by molar-refractivity contribution is -0.134. The van der Waals surface area contributed by atoms with Crippen LogP contribution in [0.1, 0.15) is 22.3 Å². The summed E-state index contributed by atoms with van der Waals surface area (Å²) in [5.74, 6) is -0.624. The average Bonchev–Trinajstić information content (AvgIpc) is 2.48. The molecule has 2 nitrogen and oxygen atoms in total. The third-order valence-corrected chi connectivity index (χ3v) is 3.59. The summed E-state index contributed by atoms with van der Waals surface area (Å²) in [6.45, 7) is 5.75. The lowest BCUT2D eigenvalue weighted by Gasteiger charge is -2.12. The fourth-order valence-corrected chi connectivity index (χ4v) is 2.47. The Bertz CT molecular complexity index is 745. The van der Waals surface area contributed by atoms with Crippen molar-refractivity contribution >= 4 is 12.0 Å². The van der Waals surface area contributed by atoms with Crippen LogP contribution in [0.2, 0.25) is 0 Å². The molecule has 114 valence electrons. The van der Waals surface area contributed by atoms with Crippen LogP contribution in [0.5, 0.6) is 0 Å². The molecule has 22 heavy (non-hydrogen) atoms. The number of benzene rings is 2. The highest BCUT2D eigenvalue weighted by Crippen LogP contribution is 2.30. The molecule has 0 unspecified atom stereocenters. The number of carbonyl (C=O) groups excluding carboxylic acids is 1. The van der Waals surface area contributed by atoms with Gasteiger partial charge in [0.1, 0.15) is 5.82 Å². The molecule has 0 N–H and O–H groups in total. The van der Waals surface area contributed by atoms with Crippen LogP contribution in [0.4, 0.5) is 4.39 Å². The first kappa shape index (κ1) is 16.0. The molecule has 2 aromatic carbocycles. The van der Waals surface area contributed by atoms with Gasteiger partial charge in [-0.05, 0) is 66.8 Å². The van der Waals surface area contributed by atoms with Crippen molar-refractivity contribution in [1.29, 1.82) is 0 Å². The number of halogens is 1. The fourth-order valence-electron chi connectivity index (χ4n) is 2.47. The van der Waals surface area contributed by atoms with Crippen molar-refractivity contribution in [1.82, 2.24) is 0 Å². The van der Waals surface area contributed by atoms with Gasteiger partial charge < -0.3 is 4.74 Å². The summed E-state index contributed by atoms with van der Waals surface area (Å²) in [5.41, 5.74) is 5.60. The van der Waals surface area contributed by atoms with Crippen LogP contribution in [0.15, 0.2) is 36.4 Å². The Kier molecular flexibility index (Phi) is 4.76. The summed E-state index contributed by atoms with van der Waals surface area (Å²) in [5, 5.41) is 0. The lowest BCUT2D eigenvalue weighted by Crippen LogP contribution is -1.96. The quantitative estimate of drug-likeness (QED) is 0.611. The van der Waals surface area contributed by atoms with Crippen molar-refractivity contribution in [2.75, 3.05) is 7.11 Å². The smallest absolute Gasteiger partial charge is 0.330 e. The molecule has 0 aliphatic rings. The molecule has 2 rings (SSSR count). The molecular weight excluding hydrogens is 279 g/mol. The second kappa shape index (κ2) is 6.56. The minimum absolute atomic E-state index is 0.222. The second-order valence-electron chi connectivity index (χ2n) is 5.36. The van der Waals surface area contributed by atoms with Gasteiger partial charge in [0.05, 0.1) is 7.11 Å². The number of esters is 1. The van der Waals surface area contributed by atoms with Crippen LogP contribution in [0.25, 0.3) is 17.2 Å². The minimum Gasteiger partial charge on any atom is -0.466 e. The Morgan fingerprint density at radius 1 is 1.09 bits per heavy atom. The number of carbonyl (C=O) groups is 1. The molecule has 0 radical (unpaired) electrons. The Labute approximate surface area is 130 Å². The number of methoxy groups -OCH3 is 1. The van der Waals surface area contributed by atoms with E-state index in [1.165, 1.54) is 19.3 Å². The summed E-state index contributed by atoms with van der Waals surface area (Å²) in [6.07, 6.45) is 3.15. The van der Waals surface area contributed by atoms with E-state index >= 15 is 0 Å². The highest BCUT2D eigenvalue weighted by Gasteiger charge is 2.09. The normalized spacial score (nSPS) is 11.0. The maximum atomic E-state index is 13.5. The van der Waals surface area contributed by atoms with Crippen molar-refractivity contribution in [2.45, 2.75) is 20.8 Å². The first-order chi connectivity index (χ1) is 10.4. The minimum atomic E-state index is -0.402. The van der Waals surface area contributed by atoms with Gasteiger partial charge in [-0.3, -0.25) is 0 Å². The average molecular weight is 298 g/mol. The van der Waals surface area contributed by atoms with E-state index in [0.717, 1.165) is 27.8 Å². The Hall–Kier alpha value is -2.42. The Balaban J connectivity index is 2.60. The standard InChI is InChI=1S/C19H19FO2/c1-12-9-13(2)16(6-8-19(21)22-4)17(10-12)15-5-7-18(20)14(3)11-15/h5-11H,1-4H3. The maximum absolute atomic E-state index is 13.5. The monoisotopic (exact) mass is 298 g/mol. The predicted octanol–water partition coefficient (Wildman–Crippen LogP) is 4.60. The maximum Gasteiger partial charge on any atom is 0.330 e. The largest absolute Gasteiger partial charge is 0.466 e. The van der Waals surface area contributed by atoms with Crippen LogP contribution >= 0.6 is 0 Å². The van der Waals surface area contributed by atoms with Gasteiger partial charge in [-0.2, -0.15) is 0 Å². The summed E-state index contributed by atoms with van der Waals surface area (Å²) in [6, 6.07) is 9.13. The molecule has 0 fully saturated rings. The van der Waals surface area contributed by atoms with E-state index in [1.54, 1.807) is 19.1 Å². The second-order valence-corrected chi connectivity index (χ2v) is 5.36. The lowest BCUT2D eigenvalue weighted by atomic mass is 9.92. The van der Waals surface area contributed by atoms with E-state index in [2.05, 4.69) is 10.8 Å². The summed E-state index contributed by atoms with van der Waals surface area (Å²) < 4.78 is 18.1. The van der Waals surface area contributed by atoms with E-state index in [1.807, 2.05) is 26.0 Å².